The van der Waals surface area contributed by atoms with Crippen molar-refractivity contribution in [1.82, 2.24) is 10.6 Å². The molecule has 0 spiro atoms. The van der Waals surface area contributed by atoms with E-state index in [4.69, 9.17) is 9.73 Å². The second kappa shape index (κ2) is 13.1. The van der Waals surface area contributed by atoms with Gasteiger partial charge in [-0.25, -0.2) is 4.99 Å². The summed E-state index contributed by atoms with van der Waals surface area (Å²) < 4.78 is 5.05. The molecule has 2 aromatic carbocycles. The summed E-state index contributed by atoms with van der Waals surface area (Å²) in [5.74, 6) is 0.852. The van der Waals surface area contributed by atoms with Gasteiger partial charge in [0.05, 0.1) is 13.2 Å². The molecular formula is C22H32N4OS. The number of ether oxygens (including phenoxy) is 1. The first-order valence-corrected chi connectivity index (χ1v) is 10.6. The molecule has 0 aliphatic rings. The van der Waals surface area contributed by atoms with E-state index in [9.17, 15) is 0 Å². The maximum atomic E-state index is 5.05. The minimum Gasteiger partial charge on any atom is -0.383 e. The van der Waals surface area contributed by atoms with Gasteiger partial charge in [-0.05, 0) is 36.8 Å². The minimum absolute atomic E-state index is 0.448. The number of nitrogens with one attached hydrogen (secondary N) is 3. The molecule has 0 heterocycles. The van der Waals surface area contributed by atoms with Crippen molar-refractivity contribution in [2.45, 2.75) is 30.5 Å². The molecule has 0 amide bonds. The first-order valence-electron chi connectivity index (χ1n) is 9.77. The van der Waals surface area contributed by atoms with E-state index in [2.05, 4.69) is 78.3 Å². The number of rotatable bonds is 11. The zero-order valence-electron chi connectivity index (χ0n) is 17.1. The Kier molecular flexibility index (Phi) is 10.3. The normalized spacial score (nSPS) is 12.5. The van der Waals surface area contributed by atoms with Crippen LogP contribution in [0.4, 0.5) is 5.69 Å². The molecule has 6 heteroatoms. The van der Waals surface area contributed by atoms with E-state index in [1.165, 1.54) is 10.5 Å². The van der Waals surface area contributed by atoms with Gasteiger partial charge in [0.1, 0.15) is 0 Å². The number of hydrogen-bond donors (Lipinski definition) is 3. The van der Waals surface area contributed by atoms with Crippen LogP contribution in [0.15, 0.2) is 64.5 Å². The van der Waals surface area contributed by atoms with Gasteiger partial charge < -0.3 is 20.7 Å². The molecule has 1 atom stereocenters. The van der Waals surface area contributed by atoms with E-state index >= 15 is 0 Å². The van der Waals surface area contributed by atoms with E-state index in [0.29, 0.717) is 18.4 Å². The van der Waals surface area contributed by atoms with E-state index in [-0.39, 0.29) is 0 Å². The number of thioether (sulfide) groups is 1. The van der Waals surface area contributed by atoms with Gasteiger partial charge in [-0.15, -0.1) is 11.8 Å². The van der Waals surface area contributed by atoms with Crippen molar-refractivity contribution >= 4 is 23.4 Å². The third-order valence-corrected chi connectivity index (χ3v) is 5.10. The van der Waals surface area contributed by atoms with Crippen molar-refractivity contribution in [2.24, 2.45) is 4.99 Å². The average Bonchev–Trinajstić information content (AvgIpc) is 2.72. The highest BCUT2D eigenvalue weighted by Gasteiger charge is 2.06. The van der Waals surface area contributed by atoms with Crippen LogP contribution in [0.2, 0.25) is 0 Å². The van der Waals surface area contributed by atoms with Crippen LogP contribution in [-0.2, 0) is 11.3 Å². The number of aliphatic imine (C=N–C) groups is 1. The van der Waals surface area contributed by atoms with Gasteiger partial charge in [-0.3, -0.25) is 0 Å². The maximum absolute atomic E-state index is 5.05. The second-order valence-electron chi connectivity index (χ2n) is 6.43. The SMILES string of the molecule is CCNC(=NCc1ccc(NCCOC)cc1)NCC(C)Sc1ccccc1. The Morgan fingerprint density at radius 1 is 1.07 bits per heavy atom. The highest BCUT2D eigenvalue weighted by molar-refractivity contribution is 8.00. The van der Waals surface area contributed by atoms with E-state index in [1.807, 2.05) is 17.8 Å². The van der Waals surface area contributed by atoms with Crippen LogP contribution in [0.3, 0.4) is 0 Å². The first-order chi connectivity index (χ1) is 13.7. The maximum Gasteiger partial charge on any atom is 0.191 e. The van der Waals surface area contributed by atoms with Crippen LogP contribution < -0.4 is 16.0 Å². The van der Waals surface area contributed by atoms with Crippen LogP contribution >= 0.6 is 11.8 Å². The Morgan fingerprint density at radius 3 is 2.50 bits per heavy atom. The van der Waals surface area contributed by atoms with Gasteiger partial charge >= 0.3 is 0 Å². The lowest BCUT2D eigenvalue weighted by atomic mass is 10.2. The Hall–Kier alpha value is -2.18. The van der Waals surface area contributed by atoms with Crippen molar-refractivity contribution in [3.05, 3.63) is 60.2 Å². The molecule has 28 heavy (non-hydrogen) atoms. The minimum atomic E-state index is 0.448. The van der Waals surface area contributed by atoms with Crippen molar-refractivity contribution in [3.8, 4) is 0 Å². The Morgan fingerprint density at radius 2 is 1.82 bits per heavy atom. The monoisotopic (exact) mass is 400 g/mol. The molecule has 152 valence electrons. The molecule has 0 aliphatic heterocycles. The number of hydrogen-bond acceptors (Lipinski definition) is 4. The molecular weight excluding hydrogens is 368 g/mol. The molecule has 3 N–H and O–H groups in total. The lowest BCUT2D eigenvalue weighted by Crippen LogP contribution is -2.40. The van der Waals surface area contributed by atoms with Gasteiger partial charge in [-0.1, -0.05) is 37.3 Å². The van der Waals surface area contributed by atoms with E-state index in [1.54, 1.807) is 7.11 Å². The third kappa shape index (κ3) is 8.67. The molecule has 1 unspecified atom stereocenters. The summed E-state index contributed by atoms with van der Waals surface area (Å²) >= 11 is 1.87. The lowest BCUT2D eigenvalue weighted by Gasteiger charge is -2.16. The van der Waals surface area contributed by atoms with Crippen LogP contribution in [0.25, 0.3) is 0 Å². The Bertz CT molecular complexity index is 691. The van der Waals surface area contributed by atoms with Crippen molar-refractivity contribution in [3.63, 3.8) is 0 Å². The fourth-order valence-electron chi connectivity index (χ4n) is 2.55. The molecule has 5 nitrogen and oxygen atoms in total. The first kappa shape index (κ1) is 22.1. The zero-order valence-corrected chi connectivity index (χ0v) is 17.9. The summed E-state index contributed by atoms with van der Waals surface area (Å²) in [6.07, 6.45) is 0. The number of anilines is 1. The second-order valence-corrected chi connectivity index (χ2v) is 7.95. The average molecular weight is 401 g/mol. The standard InChI is InChI=1S/C22H32N4OS/c1-4-23-22(25-16-18(2)28-21-8-6-5-7-9-21)26-17-19-10-12-20(13-11-19)24-14-15-27-3/h5-13,18,24H,4,14-17H2,1-3H3,(H2,23,25,26). The quantitative estimate of drug-likeness (QED) is 0.231. The highest BCUT2D eigenvalue weighted by Crippen LogP contribution is 2.21. The number of methoxy groups -OCH3 is 1. The number of guanidine groups is 1. The van der Waals surface area contributed by atoms with Gasteiger partial charge in [0.15, 0.2) is 5.96 Å². The van der Waals surface area contributed by atoms with Gasteiger partial charge in [0.2, 0.25) is 0 Å². The van der Waals surface area contributed by atoms with Crippen molar-refractivity contribution in [2.75, 3.05) is 38.7 Å². The summed E-state index contributed by atoms with van der Waals surface area (Å²) in [5.41, 5.74) is 2.28. The van der Waals surface area contributed by atoms with Crippen LogP contribution in [0.1, 0.15) is 19.4 Å². The van der Waals surface area contributed by atoms with E-state index in [0.717, 1.165) is 31.3 Å². The smallest absolute Gasteiger partial charge is 0.191 e. The van der Waals surface area contributed by atoms with Gasteiger partial charge in [0.25, 0.3) is 0 Å². The Labute approximate surface area is 173 Å². The predicted molar refractivity (Wildman–Crippen MR) is 121 cm³/mol. The molecule has 0 saturated heterocycles. The van der Waals surface area contributed by atoms with Crippen molar-refractivity contribution in [1.29, 1.82) is 0 Å². The molecule has 0 aliphatic carbocycles. The highest BCUT2D eigenvalue weighted by atomic mass is 32.2. The lowest BCUT2D eigenvalue weighted by molar-refractivity contribution is 0.211. The third-order valence-electron chi connectivity index (χ3n) is 3.99. The fraction of sp³-hybridized carbons (Fsp3) is 0.409. The summed E-state index contributed by atoms with van der Waals surface area (Å²) in [5, 5.41) is 10.5. The Balaban J connectivity index is 1.82. The molecule has 2 aromatic rings. The molecule has 0 saturated carbocycles. The summed E-state index contributed by atoms with van der Waals surface area (Å²) in [6.45, 7) is 8.16. The van der Waals surface area contributed by atoms with E-state index < -0.39 is 0 Å². The molecule has 0 aromatic heterocycles. The van der Waals surface area contributed by atoms with Crippen molar-refractivity contribution < 1.29 is 4.74 Å². The summed E-state index contributed by atoms with van der Waals surface area (Å²) in [7, 11) is 1.71. The van der Waals surface area contributed by atoms with Crippen LogP contribution in [0, 0.1) is 0 Å². The van der Waals surface area contributed by atoms with Gasteiger partial charge in [0, 0.05) is 42.6 Å². The number of benzene rings is 2. The fourth-order valence-corrected chi connectivity index (χ4v) is 3.50. The molecule has 2 rings (SSSR count). The topological polar surface area (TPSA) is 57.7 Å². The zero-order chi connectivity index (χ0) is 20.0. The summed E-state index contributed by atoms with van der Waals surface area (Å²) in [6, 6.07) is 18.9. The molecule has 0 bridgehead atoms. The largest absolute Gasteiger partial charge is 0.383 e. The molecule has 0 radical (unpaired) electrons. The number of nitrogens with zero attached hydrogens (tertiary/aromatic N) is 1. The van der Waals surface area contributed by atoms with Crippen LogP contribution in [-0.4, -0.2) is 44.6 Å². The van der Waals surface area contributed by atoms with Gasteiger partial charge in [-0.2, -0.15) is 0 Å². The van der Waals surface area contributed by atoms with Crippen LogP contribution in [0.5, 0.6) is 0 Å². The molecule has 0 fully saturated rings. The predicted octanol–water partition coefficient (Wildman–Crippen LogP) is 3.98. The summed E-state index contributed by atoms with van der Waals surface area (Å²) in [4.78, 5) is 6.00.